The third kappa shape index (κ3) is 3.18. The van der Waals surface area contributed by atoms with Gasteiger partial charge in [-0.05, 0) is 48.4 Å². The van der Waals surface area contributed by atoms with Gasteiger partial charge in [0.05, 0.1) is 0 Å². The van der Waals surface area contributed by atoms with E-state index in [-0.39, 0.29) is 6.61 Å². The second kappa shape index (κ2) is 6.92. The number of nitrogens with zero attached hydrogens (tertiary/aromatic N) is 1. The second-order valence-corrected chi connectivity index (χ2v) is 5.15. The number of aliphatic hydroxyl groups excluding tert-OH is 1. The SMILES string of the molecule is OCCc1ccc(N(c2ccccc2)c2ccccc2)cc1. The molecule has 0 bridgehead atoms. The van der Waals surface area contributed by atoms with Gasteiger partial charge in [-0.2, -0.15) is 0 Å². The number of hydrogen-bond donors (Lipinski definition) is 1. The fourth-order valence-electron chi connectivity index (χ4n) is 2.54. The van der Waals surface area contributed by atoms with Crippen LogP contribution in [-0.4, -0.2) is 11.7 Å². The van der Waals surface area contributed by atoms with Crippen LogP contribution >= 0.6 is 0 Å². The maximum absolute atomic E-state index is 9.04. The third-order valence-electron chi connectivity index (χ3n) is 3.62. The van der Waals surface area contributed by atoms with Crippen LogP contribution in [0.3, 0.4) is 0 Å². The van der Waals surface area contributed by atoms with E-state index in [4.69, 9.17) is 5.11 Å². The summed E-state index contributed by atoms with van der Waals surface area (Å²) in [6.45, 7) is 0.181. The lowest BCUT2D eigenvalue weighted by Crippen LogP contribution is -2.09. The minimum absolute atomic E-state index is 0.181. The Hall–Kier alpha value is -2.58. The Morgan fingerprint density at radius 2 is 1.05 bits per heavy atom. The van der Waals surface area contributed by atoms with E-state index in [0.717, 1.165) is 22.6 Å². The summed E-state index contributed by atoms with van der Waals surface area (Å²) in [5.74, 6) is 0. The molecule has 2 heteroatoms. The topological polar surface area (TPSA) is 23.5 Å². The van der Waals surface area contributed by atoms with Gasteiger partial charge in [-0.3, -0.25) is 0 Å². The van der Waals surface area contributed by atoms with E-state index >= 15 is 0 Å². The Bertz CT molecular complexity index is 653. The van der Waals surface area contributed by atoms with Crippen molar-refractivity contribution >= 4 is 17.1 Å². The van der Waals surface area contributed by atoms with Crippen molar-refractivity contribution in [2.45, 2.75) is 6.42 Å². The number of rotatable bonds is 5. The van der Waals surface area contributed by atoms with E-state index in [9.17, 15) is 0 Å². The summed E-state index contributed by atoms with van der Waals surface area (Å²) in [5, 5.41) is 9.04. The molecule has 0 aromatic heterocycles. The highest BCUT2D eigenvalue weighted by atomic mass is 16.2. The monoisotopic (exact) mass is 289 g/mol. The average Bonchev–Trinajstić information content (AvgIpc) is 2.59. The standard InChI is InChI=1S/C20H19NO/c22-16-15-17-11-13-20(14-12-17)21(18-7-3-1-4-8-18)19-9-5-2-6-10-19/h1-14,22H,15-16H2. The molecular formula is C20H19NO. The van der Waals surface area contributed by atoms with Crippen LogP contribution in [0.4, 0.5) is 17.1 Å². The third-order valence-corrected chi connectivity index (χ3v) is 3.62. The zero-order valence-corrected chi connectivity index (χ0v) is 12.4. The summed E-state index contributed by atoms with van der Waals surface area (Å²) in [4.78, 5) is 2.22. The van der Waals surface area contributed by atoms with Gasteiger partial charge in [-0.1, -0.05) is 48.5 Å². The van der Waals surface area contributed by atoms with Gasteiger partial charge in [0.15, 0.2) is 0 Å². The zero-order valence-electron chi connectivity index (χ0n) is 12.4. The van der Waals surface area contributed by atoms with E-state index < -0.39 is 0 Å². The highest BCUT2D eigenvalue weighted by Gasteiger charge is 2.11. The van der Waals surface area contributed by atoms with Gasteiger partial charge >= 0.3 is 0 Å². The van der Waals surface area contributed by atoms with Gasteiger partial charge in [0, 0.05) is 23.7 Å². The van der Waals surface area contributed by atoms with Crippen LogP contribution in [-0.2, 0) is 6.42 Å². The van der Waals surface area contributed by atoms with Gasteiger partial charge in [0.1, 0.15) is 0 Å². The average molecular weight is 289 g/mol. The molecule has 0 amide bonds. The van der Waals surface area contributed by atoms with E-state index in [1.165, 1.54) is 0 Å². The molecule has 0 fully saturated rings. The van der Waals surface area contributed by atoms with E-state index in [1.54, 1.807) is 0 Å². The maximum atomic E-state index is 9.04. The summed E-state index contributed by atoms with van der Waals surface area (Å²) in [7, 11) is 0. The highest BCUT2D eigenvalue weighted by molar-refractivity contribution is 5.76. The number of benzene rings is 3. The zero-order chi connectivity index (χ0) is 15.2. The molecular weight excluding hydrogens is 270 g/mol. The Morgan fingerprint density at radius 3 is 1.50 bits per heavy atom. The van der Waals surface area contributed by atoms with Crippen LogP contribution in [0, 0.1) is 0 Å². The summed E-state index contributed by atoms with van der Waals surface area (Å²) in [6.07, 6.45) is 0.691. The number of hydrogen-bond acceptors (Lipinski definition) is 2. The molecule has 0 aliphatic carbocycles. The lowest BCUT2D eigenvalue weighted by molar-refractivity contribution is 0.299. The Morgan fingerprint density at radius 1 is 0.591 bits per heavy atom. The predicted octanol–water partition coefficient (Wildman–Crippen LogP) is 4.69. The molecule has 2 nitrogen and oxygen atoms in total. The van der Waals surface area contributed by atoms with Crippen molar-refractivity contribution in [3.05, 3.63) is 90.5 Å². The second-order valence-electron chi connectivity index (χ2n) is 5.15. The quantitative estimate of drug-likeness (QED) is 0.736. The molecule has 3 aromatic carbocycles. The fraction of sp³-hybridized carbons (Fsp3) is 0.100. The van der Waals surface area contributed by atoms with Gasteiger partial charge in [0.2, 0.25) is 0 Å². The molecule has 22 heavy (non-hydrogen) atoms. The van der Waals surface area contributed by atoms with Crippen molar-refractivity contribution in [3.63, 3.8) is 0 Å². The van der Waals surface area contributed by atoms with Crippen molar-refractivity contribution in [2.24, 2.45) is 0 Å². The van der Waals surface area contributed by atoms with Crippen LogP contribution in [0.1, 0.15) is 5.56 Å². The largest absolute Gasteiger partial charge is 0.396 e. The van der Waals surface area contributed by atoms with Crippen molar-refractivity contribution in [3.8, 4) is 0 Å². The molecule has 3 rings (SSSR count). The molecule has 0 heterocycles. The van der Waals surface area contributed by atoms with Gasteiger partial charge in [-0.25, -0.2) is 0 Å². The molecule has 0 radical (unpaired) electrons. The number of para-hydroxylation sites is 2. The molecule has 110 valence electrons. The van der Waals surface area contributed by atoms with E-state index in [0.29, 0.717) is 6.42 Å². The Balaban J connectivity index is 2.02. The van der Waals surface area contributed by atoms with Crippen molar-refractivity contribution in [1.29, 1.82) is 0 Å². The molecule has 0 unspecified atom stereocenters. The van der Waals surface area contributed by atoms with Gasteiger partial charge in [-0.15, -0.1) is 0 Å². The van der Waals surface area contributed by atoms with E-state index in [2.05, 4.69) is 53.4 Å². The van der Waals surface area contributed by atoms with Gasteiger partial charge < -0.3 is 10.0 Å². The summed E-state index contributed by atoms with van der Waals surface area (Å²) >= 11 is 0. The van der Waals surface area contributed by atoms with Crippen molar-refractivity contribution < 1.29 is 5.11 Å². The minimum Gasteiger partial charge on any atom is -0.396 e. The normalized spacial score (nSPS) is 10.4. The maximum Gasteiger partial charge on any atom is 0.0471 e. The smallest absolute Gasteiger partial charge is 0.0471 e. The first kappa shape index (κ1) is 14.4. The molecule has 0 saturated carbocycles. The molecule has 0 atom stereocenters. The Labute approximate surface area is 131 Å². The molecule has 1 N–H and O–H groups in total. The summed E-state index contributed by atoms with van der Waals surface area (Å²) < 4.78 is 0. The minimum atomic E-state index is 0.181. The summed E-state index contributed by atoms with van der Waals surface area (Å²) in [5.41, 5.74) is 4.51. The Kier molecular flexibility index (Phi) is 4.52. The first-order valence-corrected chi connectivity index (χ1v) is 7.48. The van der Waals surface area contributed by atoms with Crippen LogP contribution in [0.15, 0.2) is 84.9 Å². The first-order valence-electron chi connectivity index (χ1n) is 7.48. The predicted molar refractivity (Wildman–Crippen MR) is 91.9 cm³/mol. The lowest BCUT2D eigenvalue weighted by Gasteiger charge is -2.25. The van der Waals surface area contributed by atoms with Crippen molar-refractivity contribution in [1.82, 2.24) is 0 Å². The molecule has 0 saturated heterocycles. The van der Waals surface area contributed by atoms with Crippen molar-refractivity contribution in [2.75, 3.05) is 11.5 Å². The van der Waals surface area contributed by atoms with Crippen LogP contribution < -0.4 is 4.90 Å². The molecule has 0 aliphatic rings. The molecule has 0 aliphatic heterocycles. The molecule has 3 aromatic rings. The first-order chi connectivity index (χ1) is 10.9. The summed E-state index contributed by atoms with van der Waals surface area (Å²) in [6, 6.07) is 29.0. The lowest BCUT2D eigenvalue weighted by atomic mass is 10.1. The highest BCUT2D eigenvalue weighted by Crippen LogP contribution is 2.33. The van der Waals surface area contributed by atoms with Crippen LogP contribution in [0.25, 0.3) is 0 Å². The van der Waals surface area contributed by atoms with Gasteiger partial charge in [0.25, 0.3) is 0 Å². The number of aliphatic hydroxyl groups is 1. The number of anilines is 3. The fourth-order valence-corrected chi connectivity index (χ4v) is 2.54. The van der Waals surface area contributed by atoms with Crippen LogP contribution in [0.2, 0.25) is 0 Å². The molecule has 0 spiro atoms. The van der Waals surface area contributed by atoms with E-state index in [1.807, 2.05) is 36.4 Å². The van der Waals surface area contributed by atoms with Crippen LogP contribution in [0.5, 0.6) is 0 Å².